The maximum Gasteiger partial charge on any atom is 0.255 e. The fourth-order valence-electron chi connectivity index (χ4n) is 2.79. The number of hydrogen-bond donors (Lipinski definition) is 1. The van der Waals surface area contributed by atoms with Crippen molar-refractivity contribution in [3.05, 3.63) is 52.0 Å². The molecule has 0 saturated carbocycles. The number of ether oxygens (including phenoxy) is 2. The van der Waals surface area contributed by atoms with Gasteiger partial charge in [-0.1, -0.05) is 6.92 Å². The Hall–Kier alpha value is -2.54. The van der Waals surface area contributed by atoms with E-state index in [-0.39, 0.29) is 11.8 Å². The Morgan fingerprint density at radius 2 is 1.69 bits per heavy atom. The quantitative estimate of drug-likeness (QED) is 0.570. The van der Waals surface area contributed by atoms with E-state index >= 15 is 0 Å². The molecular formula is C22H27BrN2O4. The number of anilines is 1. The van der Waals surface area contributed by atoms with Crippen molar-refractivity contribution in [2.24, 2.45) is 0 Å². The Morgan fingerprint density at radius 1 is 1.03 bits per heavy atom. The van der Waals surface area contributed by atoms with Gasteiger partial charge in [0.1, 0.15) is 0 Å². The number of nitrogens with zero attached hydrogens (tertiary/aromatic N) is 1. The molecule has 0 spiro atoms. The lowest BCUT2D eigenvalue weighted by Crippen LogP contribution is -2.30. The van der Waals surface area contributed by atoms with Crippen LogP contribution in [0.25, 0.3) is 0 Å². The van der Waals surface area contributed by atoms with Crippen LogP contribution in [0.3, 0.4) is 0 Å². The van der Waals surface area contributed by atoms with Gasteiger partial charge in [0.25, 0.3) is 11.8 Å². The van der Waals surface area contributed by atoms with Gasteiger partial charge in [0, 0.05) is 29.9 Å². The highest BCUT2D eigenvalue weighted by Gasteiger charge is 2.16. The predicted octanol–water partition coefficient (Wildman–Crippen LogP) is 4.98. The fraction of sp³-hybridized carbons (Fsp3) is 0.364. The van der Waals surface area contributed by atoms with Crippen LogP contribution in [0.15, 0.2) is 40.9 Å². The molecule has 0 aliphatic heterocycles. The topological polar surface area (TPSA) is 67.9 Å². The van der Waals surface area contributed by atoms with E-state index in [0.717, 1.165) is 6.42 Å². The minimum Gasteiger partial charge on any atom is -0.493 e. The molecule has 2 aromatic rings. The van der Waals surface area contributed by atoms with E-state index < -0.39 is 0 Å². The van der Waals surface area contributed by atoms with Crippen LogP contribution < -0.4 is 14.8 Å². The molecule has 0 atom stereocenters. The summed E-state index contributed by atoms with van der Waals surface area (Å²) in [7, 11) is 1.54. The normalized spacial score (nSPS) is 10.4. The summed E-state index contributed by atoms with van der Waals surface area (Å²) in [6.07, 6.45) is 0.866. The summed E-state index contributed by atoms with van der Waals surface area (Å²) in [6.45, 7) is 7.77. The summed E-state index contributed by atoms with van der Waals surface area (Å²) in [6, 6.07) is 10.2. The van der Waals surface area contributed by atoms with Crippen LogP contribution in [-0.4, -0.2) is 43.5 Å². The van der Waals surface area contributed by atoms with Gasteiger partial charge in [-0.3, -0.25) is 9.59 Å². The average molecular weight is 463 g/mol. The van der Waals surface area contributed by atoms with E-state index in [1.54, 1.807) is 41.3 Å². The van der Waals surface area contributed by atoms with Crippen LogP contribution in [0.5, 0.6) is 11.5 Å². The third-order valence-corrected chi connectivity index (χ3v) is 4.97. The van der Waals surface area contributed by atoms with Gasteiger partial charge in [0.05, 0.1) is 18.2 Å². The number of amides is 2. The Morgan fingerprint density at radius 3 is 2.24 bits per heavy atom. The first-order valence-electron chi connectivity index (χ1n) is 9.66. The molecule has 0 fully saturated rings. The van der Waals surface area contributed by atoms with E-state index in [4.69, 9.17) is 9.47 Å². The van der Waals surface area contributed by atoms with Crippen molar-refractivity contribution in [1.29, 1.82) is 0 Å². The summed E-state index contributed by atoms with van der Waals surface area (Å²) in [4.78, 5) is 26.8. The predicted molar refractivity (Wildman–Crippen MR) is 118 cm³/mol. The monoisotopic (exact) mass is 462 g/mol. The number of carbonyl (C=O) groups excluding carboxylic acids is 2. The maximum atomic E-state index is 12.7. The highest BCUT2D eigenvalue weighted by molar-refractivity contribution is 9.10. The van der Waals surface area contributed by atoms with Crippen LogP contribution in [0.4, 0.5) is 5.69 Å². The van der Waals surface area contributed by atoms with E-state index in [1.807, 2.05) is 20.8 Å². The van der Waals surface area contributed by atoms with Gasteiger partial charge in [-0.15, -0.1) is 0 Å². The molecule has 156 valence electrons. The summed E-state index contributed by atoms with van der Waals surface area (Å²) >= 11 is 3.45. The highest BCUT2D eigenvalue weighted by Crippen LogP contribution is 2.37. The van der Waals surface area contributed by atoms with Crippen LogP contribution >= 0.6 is 15.9 Å². The van der Waals surface area contributed by atoms with Gasteiger partial charge in [-0.25, -0.2) is 0 Å². The van der Waals surface area contributed by atoms with Gasteiger partial charge >= 0.3 is 0 Å². The molecule has 0 radical (unpaired) electrons. The van der Waals surface area contributed by atoms with Gasteiger partial charge in [0.15, 0.2) is 11.5 Å². The molecule has 0 aromatic heterocycles. The smallest absolute Gasteiger partial charge is 0.255 e. The van der Waals surface area contributed by atoms with Gasteiger partial charge in [-0.2, -0.15) is 0 Å². The molecule has 0 aliphatic carbocycles. The van der Waals surface area contributed by atoms with Crippen LogP contribution in [0.1, 0.15) is 47.9 Å². The zero-order valence-electron chi connectivity index (χ0n) is 17.3. The molecule has 2 rings (SSSR count). The number of halogens is 1. The lowest BCUT2D eigenvalue weighted by Gasteiger charge is -2.18. The van der Waals surface area contributed by atoms with Crippen molar-refractivity contribution < 1.29 is 19.1 Å². The van der Waals surface area contributed by atoms with Gasteiger partial charge < -0.3 is 19.7 Å². The standard InChI is InChI=1S/C22H27BrN2O4/c1-5-12-29-20-18(23)13-16(14-19(20)28-4)21(26)24-17-10-8-15(9-11-17)22(27)25(6-2)7-3/h8-11,13-14H,5-7,12H2,1-4H3,(H,24,26). The number of rotatable bonds is 9. The molecular weight excluding hydrogens is 436 g/mol. The number of carbonyl (C=O) groups is 2. The number of methoxy groups -OCH3 is 1. The minimum absolute atomic E-state index is 0.0239. The van der Waals surface area contributed by atoms with Crippen LogP contribution in [-0.2, 0) is 0 Å². The zero-order chi connectivity index (χ0) is 21.4. The Labute approximate surface area is 180 Å². The van der Waals surface area contributed by atoms with Crippen molar-refractivity contribution in [3.8, 4) is 11.5 Å². The van der Waals surface area contributed by atoms with E-state index in [1.165, 1.54) is 7.11 Å². The molecule has 0 bridgehead atoms. The first kappa shape index (κ1) is 22.7. The van der Waals surface area contributed by atoms with Gasteiger partial charge in [0.2, 0.25) is 0 Å². The molecule has 2 aromatic carbocycles. The zero-order valence-corrected chi connectivity index (χ0v) is 18.8. The summed E-state index contributed by atoms with van der Waals surface area (Å²) in [5.74, 6) is 0.751. The Bertz CT molecular complexity index is 849. The Balaban J connectivity index is 2.16. The van der Waals surface area contributed by atoms with Crippen molar-refractivity contribution >= 4 is 33.4 Å². The SMILES string of the molecule is CCCOc1c(Br)cc(C(=O)Nc2ccc(C(=O)N(CC)CC)cc2)cc1OC. The van der Waals surface area contributed by atoms with Crippen LogP contribution in [0, 0.1) is 0 Å². The first-order chi connectivity index (χ1) is 13.9. The third kappa shape index (κ3) is 5.73. The molecule has 1 N–H and O–H groups in total. The van der Waals surface area contributed by atoms with E-state index in [0.29, 0.717) is 52.5 Å². The molecule has 0 aliphatic rings. The maximum absolute atomic E-state index is 12.7. The molecule has 0 heterocycles. The number of hydrogen-bond acceptors (Lipinski definition) is 4. The second kappa shape index (κ2) is 10.9. The molecule has 2 amide bonds. The second-order valence-electron chi connectivity index (χ2n) is 6.35. The summed E-state index contributed by atoms with van der Waals surface area (Å²) in [5.41, 5.74) is 1.63. The number of benzene rings is 2. The Kier molecular flexibility index (Phi) is 8.51. The minimum atomic E-state index is -0.283. The second-order valence-corrected chi connectivity index (χ2v) is 7.20. The molecule has 29 heavy (non-hydrogen) atoms. The van der Waals surface area contributed by atoms with E-state index in [9.17, 15) is 9.59 Å². The van der Waals surface area contributed by atoms with Crippen molar-refractivity contribution in [2.75, 3.05) is 32.1 Å². The average Bonchev–Trinajstić information content (AvgIpc) is 2.73. The van der Waals surface area contributed by atoms with Gasteiger partial charge in [-0.05, 0) is 72.6 Å². The largest absolute Gasteiger partial charge is 0.493 e. The first-order valence-corrected chi connectivity index (χ1v) is 10.4. The summed E-state index contributed by atoms with van der Waals surface area (Å²) in [5, 5.41) is 2.84. The highest BCUT2D eigenvalue weighted by atomic mass is 79.9. The molecule has 0 unspecified atom stereocenters. The van der Waals surface area contributed by atoms with Crippen LogP contribution in [0.2, 0.25) is 0 Å². The lowest BCUT2D eigenvalue weighted by molar-refractivity contribution is 0.0773. The molecule has 0 saturated heterocycles. The number of nitrogens with one attached hydrogen (secondary N) is 1. The summed E-state index contributed by atoms with van der Waals surface area (Å²) < 4.78 is 11.7. The lowest BCUT2D eigenvalue weighted by atomic mass is 10.1. The third-order valence-electron chi connectivity index (χ3n) is 4.38. The fourth-order valence-corrected chi connectivity index (χ4v) is 3.34. The molecule has 6 nitrogen and oxygen atoms in total. The van der Waals surface area contributed by atoms with E-state index in [2.05, 4.69) is 21.2 Å². The van der Waals surface area contributed by atoms with Crippen molar-refractivity contribution in [1.82, 2.24) is 4.90 Å². The molecule has 7 heteroatoms. The van der Waals surface area contributed by atoms with Crippen molar-refractivity contribution in [2.45, 2.75) is 27.2 Å². The van der Waals surface area contributed by atoms with Crippen molar-refractivity contribution in [3.63, 3.8) is 0 Å².